The number of nitrogens with zero attached hydrogens (tertiary/aromatic N) is 2. The average Bonchev–Trinajstić information content (AvgIpc) is 3.26. The lowest BCUT2D eigenvalue weighted by Crippen LogP contribution is -2.36. The monoisotopic (exact) mass is 275 g/mol. The van der Waals surface area contributed by atoms with Crippen molar-refractivity contribution in [3.63, 3.8) is 0 Å². The Balaban J connectivity index is 2.17. The second-order valence-electron chi connectivity index (χ2n) is 5.93. The molecule has 1 aromatic rings. The molecule has 1 saturated carbocycles. The van der Waals surface area contributed by atoms with Gasteiger partial charge in [-0.25, -0.2) is 0 Å². The molecule has 0 bridgehead atoms. The highest BCUT2D eigenvalue weighted by Crippen LogP contribution is 2.30. The van der Waals surface area contributed by atoms with Crippen LogP contribution in [-0.2, 0) is 0 Å². The first kappa shape index (κ1) is 14.8. The Labute approximate surface area is 121 Å². The largest absolute Gasteiger partial charge is 0.384 e. The quantitative estimate of drug-likeness (QED) is 0.831. The van der Waals surface area contributed by atoms with Gasteiger partial charge in [0.1, 0.15) is 0 Å². The summed E-state index contributed by atoms with van der Waals surface area (Å²) in [6, 6.07) is 2.33. The van der Waals surface area contributed by atoms with E-state index in [4.69, 9.17) is 0 Å². The Hall–Kier alpha value is -1.58. The number of carbonyl (C=O) groups excluding carboxylic acids is 1. The van der Waals surface area contributed by atoms with Gasteiger partial charge in [0.25, 0.3) is 5.91 Å². The minimum Gasteiger partial charge on any atom is -0.384 e. The molecule has 0 atom stereocenters. The van der Waals surface area contributed by atoms with Crippen molar-refractivity contribution >= 4 is 11.6 Å². The van der Waals surface area contributed by atoms with Crippen molar-refractivity contribution in [1.29, 1.82) is 0 Å². The first-order valence-electron chi connectivity index (χ1n) is 7.62. The lowest BCUT2D eigenvalue weighted by Gasteiger charge is -2.25. The van der Waals surface area contributed by atoms with Gasteiger partial charge in [-0.2, -0.15) is 0 Å². The van der Waals surface area contributed by atoms with Crippen LogP contribution >= 0.6 is 0 Å². The summed E-state index contributed by atoms with van der Waals surface area (Å²) >= 11 is 0. The molecule has 0 saturated heterocycles. The fourth-order valence-electron chi connectivity index (χ4n) is 2.31. The fraction of sp³-hybridized carbons (Fsp3) is 0.625. The minimum atomic E-state index is 0.118. The number of rotatable bonds is 7. The molecule has 0 unspecified atom stereocenters. The van der Waals surface area contributed by atoms with Crippen LogP contribution in [0, 0.1) is 5.92 Å². The number of hydrogen-bond acceptors (Lipinski definition) is 3. The molecule has 1 amide bonds. The second-order valence-corrected chi connectivity index (χ2v) is 5.93. The Kier molecular flexibility index (Phi) is 4.99. The van der Waals surface area contributed by atoms with Gasteiger partial charge in [-0.3, -0.25) is 9.78 Å². The Morgan fingerprint density at radius 1 is 1.50 bits per heavy atom. The van der Waals surface area contributed by atoms with E-state index >= 15 is 0 Å². The highest BCUT2D eigenvalue weighted by Gasteiger charge is 2.34. The number of hydrogen-bond donors (Lipinski definition) is 1. The summed E-state index contributed by atoms with van der Waals surface area (Å²) in [6.07, 6.45) is 6.73. The first-order valence-corrected chi connectivity index (χ1v) is 7.62. The summed E-state index contributed by atoms with van der Waals surface area (Å²) < 4.78 is 0. The van der Waals surface area contributed by atoms with E-state index in [1.807, 2.05) is 11.0 Å². The minimum absolute atomic E-state index is 0.118. The van der Waals surface area contributed by atoms with Crippen LogP contribution in [0.4, 0.5) is 5.69 Å². The topological polar surface area (TPSA) is 45.2 Å². The van der Waals surface area contributed by atoms with Crippen LogP contribution in [0.3, 0.4) is 0 Å². The number of pyridine rings is 1. The lowest BCUT2D eigenvalue weighted by molar-refractivity contribution is 0.0723. The molecule has 4 heteroatoms. The smallest absolute Gasteiger partial charge is 0.257 e. The molecule has 1 aliphatic rings. The molecule has 1 aromatic heterocycles. The summed E-state index contributed by atoms with van der Waals surface area (Å²) in [7, 11) is 0. The van der Waals surface area contributed by atoms with Crippen LogP contribution in [0.2, 0.25) is 0 Å². The van der Waals surface area contributed by atoms with Crippen LogP contribution < -0.4 is 5.32 Å². The predicted octanol–water partition coefficient (Wildman–Crippen LogP) is 3.16. The van der Waals surface area contributed by atoms with E-state index in [1.165, 1.54) is 0 Å². The number of anilines is 1. The maximum Gasteiger partial charge on any atom is 0.257 e. The molecule has 2 rings (SSSR count). The van der Waals surface area contributed by atoms with E-state index in [1.54, 1.807) is 12.4 Å². The second kappa shape index (κ2) is 6.73. The van der Waals surface area contributed by atoms with E-state index in [0.717, 1.165) is 38.0 Å². The van der Waals surface area contributed by atoms with Crippen LogP contribution in [0.1, 0.15) is 50.4 Å². The zero-order valence-corrected chi connectivity index (χ0v) is 12.7. The van der Waals surface area contributed by atoms with Crippen molar-refractivity contribution in [2.24, 2.45) is 5.92 Å². The molecule has 1 N–H and O–H groups in total. The van der Waals surface area contributed by atoms with E-state index in [0.29, 0.717) is 17.5 Å². The highest BCUT2D eigenvalue weighted by atomic mass is 16.2. The molecule has 4 nitrogen and oxygen atoms in total. The van der Waals surface area contributed by atoms with Crippen LogP contribution in [0.5, 0.6) is 0 Å². The van der Waals surface area contributed by atoms with Gasteiger partial charge >= 0.3 is 0 Å². The average molecular weight is 275 g/mol. The van der Waals surface area contributed by atoms with Gasteiger partial charge in [0.05, 0.1) is 11.3 Å². The number of aromatic nitrogens is 1. The van der Waals surface area contributed by atoms with Crippen molar-refractivity contribution < 1.29 is 4.79 Å². The SMILES string of the molecule is CCCNc1ccncc1C(=O)N(CC(C)C)C1CC1. The lowest BCUT2D eigenvalue weighted by atomic mass is 10.1. The van der Waals surface area contributed by atoms with Crippen molar-refractivity contribution in [3.05, 3.63) is 24.0 Å². The molecular formula is C16H25N3O. The molecule has 1 aliphatic carbocycles. The van der Waals surface area contributed by atoms with Gasteiger partial charge in [0, 0.05) is 31.5 Å². The van der Waals surface area contributed by atoms with Crippen molar-refractivity contribution in [1.82, 2.24) is 9.88 Å². The first-order chi connectivity index (χ1) is 9.63. The summed E-state index contributed by atoms with van der Waals surface area (Å²) in [6.45, 7) is 8.12. The van der Waals surface area contributed by atoms with Crippen LogP contribution in [0.15, 0.2) is 18.5 Å². The molecule has 1 heterocycles. The van der Waals surface area contributed by atoms with E-state index < -0.39 is 0 Å². The molecule has 20 heavy (non-hydrogen) atoms. The third-order valence-electron chi connectivity index (χ3n) is 3.43. The predicted molar refractivity (Wildman–Crippen MR) is 81.9 cm³/mol. The summed E-state index contributed by atoms with van der Waals surface area (Å²) in [4.78, 5) is 18.9. The van der Waals surface area contributed by atoms with Crippen LogP contribution in [0.25, 0.3) is 0 Å². The third-order valence-corrected chi connectivity index (χ3v) is 3.43. The number of amides is 1. The van der Waals surface area contributed by atoms with E-state index in [9.17, 15) is 4.79 Å². The van der Waals surface area contributed by atoms with Gasteiger partial charge in [0.15, 0.2) is 0 Å². The highest BCUT2D eigenvalue weighted by molar-refractivity contribution is 5.99. The van der Waals surface area contributed by atoms with Crippen molar-refractivity contribution in [3.8, 4) is 0 Å². The summed E-state index contributed by atoms with van der Waals surface area (Å²) in [5, 5.41) is 3.32. The zero-order chi connectivity index (χ0) is 14.5. The number of nitrogens with one attached hydrogen (secondary N) is 1. The van der Waals surface area contributed by atoms with Crippen LogP contribution in [-0.4, -0.2) is 34.9 Å². The molecule has 1 fully saturated rings. The van der Waals surface area contributed by atoms with Gasteiger partial charge in [0.2, 0.25) is 0 Å². The van der Waals surface area contributed by atoms with E-state index in [-0.39, 0.29) is 5.91 Å². The Bertz CT molecular complexity index is 455. The fourth-order valence-corrected chi connectivity index (χ4v) is 2.31. The van der Waals surface area contributed by atoms with E-state index in [2.05, 4.69) is 31.1 Å². The number of carbonyl (C=O) groups is 1. The summed E-state index contributed by atoms with van der Waals surface area (Å²) in [5.74, 6) is 0.608. The Morgan fingerprint density at radius 3 is 2.85 bits per heavy atom. The molecular weight excluding hydrogens is 250 g/mol. The Morgan fingerprint density at radius 2 is 2.25 bits per heavy atom. The maximum absolute atomic E-state index is 12.8. The molecule has 0 aliphatic heterocycles. The molecule has 110 valence electrons. The normalized spacial score (nSPS) is 14.4. The maximum atomic E-state index is 12.8. The molecule has 0 aromatic carbocycles. The third kappa shape index (κ3) is 3.71. The molecule has 0 spiro atoms. The van der Waals surface area contributed by atoms with Gasteiger partial charge < -0.3 is 10.2 Å². The van der Waals surface area contributed by atoms with Crippen molar-refractivity contribution in [2.75, 3.05) is 18.4 Å². The zero-order valence-electron chi connectivity index (χ0n) is 12.7. The van der Waals surface area contributed by atoms with Crippen molar-refractivity contribution in [2.45, 2.75) is 46.1 Å². The van der Waals surface area contributed by atoms with Gasteiger partial charge in [-0.05, 0) is 31.2 Å². The van der Waals surface area contributed by atoms with Gasteiger partial charge in [-0.1, -0.05) is 20.8 Å². The standard InChI is InChI=1S/C16H25N3O/c1-4-8-18-15-7-9-17-10-14(15)16(20)19(11-12(2)3)13-5-6-13/h7,9-10,12-13H,4-6,8,11H2,1-3H3,(H,17,18). The molecule has 0 radical (unpaired) electrons. The summed E-state index contributed by atoms with van der Waals surface area (Å²) in [5.41, 5.74) is 1.61. The van der Waals surface area contributed by atoms with Gasteiger partial charge in [-0.15, -0.1) is 0 Å².